The van der Waals surface area contributed by atoms with Crippen LogP contribution in [0.4, 0.5) is 4.39 Å². The van der Waals surface area contributed by atoms with Gasteiger partial charge in [-0.2, -0.15) is 0 Å². The topological polar surface area (TPSA) is 48.1 Å². The third-order valence-corrected chi connectivity index (χ3v) is 2.66. The van der Waals surface area contributed by atoms with E-state index in [4.69, 9.17) is 10.5 Å². The van der Waals surface area contributed by atoms with E-state index in [2.05, 4.69) is 20.9 Å². The number of nitrogens with zero attached hydrogens (tertiary/aromatic N) is 1. The second-order valence-electron chi connectivity index (χ2n) is 3.35. The molecule has 0 saturated heterocycles. The number of hydrogen-bond donors (Lipinski definition) is 1. The van der Waals surface area contributed by atoms with Gasteiger partial charge in [-0.05, 0) is 24.3 Å². The van der Waals surface area contributed by atoms with Crippen LogP contribution in [-0.2, 0) is 6.54 Å². The van der Waals surface area contributed by atoms with Gasteiger partial charge in [-0.3, -0.25) is 0 Å². The SMILES string of the molecule is NCc1cccnc1Oc1cc(Br)ccc1F. The summed E-state index contributed by atoms with van der Waals surface area (Å²) in [4.78, 5) is 4.03. The Kier molecular flexibility index (Phi) is 3.71. The van der Waals surface area contributed by atoms with Crippen LogP contribution in [0, 0.1) is 5.82 Å². The van der Waals surface area contributed by atoms with Crippen LogP contribution in [0.5, 0.6) is 11.6 Å². The zero-order valence-electron chi connectivity index (χ0n) is 8.86. The van der Waals surface area contributed by atoms with E-state index in [1.807, 2.05) is 0 Å². The van der Waals surface area contributed by atoms with Crippen molar-refractivity contribution >= 4 is 15.9 Å². The van der Waals surface area contributed by atoms with Gasteiger partial charge in [-0.15, -0.1) is 0 Å². The number of aromatic nitrogens is 1. The molecule has 0 spiro atoms. The standard InChI is InChI=1S/C12H10BrFN2O/c13-9-3-4-10(14)11(6-9)17-12-8(7-15)2-1-5-16-12/h1-6H,7,15H2. The van der Waals surface area contributed by atoms with E-state index < -0.39 is 5.82 Å². The molecule has 1 aromatic carbocycles. The molecule has 2 N–H and O–H groups in total. The van der Waals surface area contributed by atoms with Gasteiger partial charge in [-0.25, -0.2) is 9.37 Å². The van der Waals surface area contributed by atoms with E-state index in [0.717, 1.165) is 10.0 Å². The monoisotopic (exact) mass is 296 g/mol. The van der Waals surface area contributed by atoms with E-state index in [-0.39, 0.29) is 5.75 Å². The maximum Gasteiger partial charge on any atom is 0.223 e. The third kappa shape index (κ3) is 2.81. The van der Waals surface area contributed by atoms with Crippen LogP contribution in [0.15, 0.2) is 41.0 Å². The van der Waals surface area contributed by atoms with Gasteiger partial charge < -0.3 is 10.5 Å². The highest BCUT2D eigenvalue weighted by atomic mass is 79.9. The lowest BCUT2D eigenvalue weighted by Crippen LogP contribution is -2.01. The largest absolute Gasteiger partial charge is 0.436 e. The Bertz CT molecular complexity index is 534. The lowest BCUT2D eigenvalue weighted by atomic mass is 10.2. The molecule has 1 aromatic heterocycles. The van der Waals surface area contributed by atoms with Crippen molar-refractivity contribution in [1.82, 2.24) is 4.98 Å². The lowest BCUT2D eigenvalue weighted by molar-refractivity contribution is 0.422. The molecule has 0 saturated carbocycles. The van der Waals surface area contributed by atoms with Gasteiger partial charge in [0.2, 0.25) is 5.88 Å². The van der Waals surface area contributed by atoms with Crippen molar-refractivity contribution in [2.45, 2.75) is 6.54 Å². The summed E-state index contributed by atoms with van der Waals surface area (Å²) < 4.78 is 19.6. The molecule has 2 aromatic rings. The van der Waals surface area contributed by atoms with Crippen molar-refractivity contribution < 1.29 is 9.13 Å². The van der Waals surface area contributed by atoms with Crippen LogP contribution >= 0.6 is 15.9 Å². The van der Waals surface area contributed by atoms with Crippen molar-refractivity contribution in [3.05, 3.63) is 52.4 Å². The predicted octanol–water partition coefficient (Wildman–Crippen LogP) is 3.23. The molecule has 0 fully saturated rings. The van der Waals surface area contributed by atoms with E-state index in [0.29, 0.717) is 12.4 Å². The van der Waals surface area contributed by atoms with Gasteiger partial charge in [0.1, 0.15) is 0 Å². The molecule has 5 heteroatoms. The van der Waals surface area contributed by atoms with Crippen LogP contribution < -0.4 is 10.5 Å². The van der Waals surface area contributed by atoms with E-state index in [9.17, 15) is 4.39 Å². The van der Waals surface area contributed by atoms with Crippen LogP contribution in [0.3, 0.4) is 0 Å². The molecule has 0 atom stereocenters. The Morgan fingerprint density at radius 2 is 2.18 bits per heavy atom. The van der Waals surface area contributed by atoms with Crippen molar-refractivity contribution in [1.29, 1.82) is 0 Å². The quantitative estimate of drug-likeness (QED) is 0.946. The van der Waals surface area contributed by atoms with Crippen molar-refractivity contribution in [2.24, 2.45) is 5.73 Å². The Labute approximate surface area is 107 Å². The van der Waals surface area contributed by atoms with Gasteiger partial charge in [0.05, 0.1) is 0 Å². The first-order valence-electron chi connectivity index (χ1n) is 4.97. The molecule has 0 amide bonds. The maximum absolute atomic E-state index is 13.5. The number of benzene rings is 1. The number of ether oxygens (including phenoxy) is 1. The molecular formula is C12H10BrFN2O. The van der Waals surface area contributed by atoms with Crippen LogP contribution in [-0.4, -0.2) is 4.98 Å². The first-order valence-corrected chi connectivity index (χ1v) is 5.77. The smallest absolute Gasteiger partial charge is 0.223 e. The molecule has 0 aliphatic heterocycles. The third-order valence-electron chi connectivity index (χ3n) is 2.17. The molecular weight excluding hydrogens is 287 g/mol. The zero-order chi connectivity index (χ0) is 12.3. The molecule has 3 nitrogen and oxygen atoms in total. The van der Waals surface area contributed by atoms with E-state index >= 15 is 0 Å². The molecule has 0 bridgehead atoms. The molecule has 0 aliphatic rings. The lowest BCUT2D eigenvalue weighted by Gasteiger charge is -2.09. The first kappa shape index (κ1) is 12.0. The maximum atomic E-state index is 13.5. The minimum Gasteiger partial charge on any atom is -0.436 e. The van der Waals surface area contributed by atoms with Crippen LogP contribution in [0.1, 0.15) is 5.56 Å². The summed E-state index contributed by atoms with van der Waals surface area (Å²) in [5.41, 5.74) is 6.28. The average molecular weight is 297 g/mol. The Morgan fingerprint density at radius 3 is 2.94 bits per heavy atom. The molecule has 0 radical (unpaired) electrons. The normalized spacial score (nSPS) is 10.3. The Hall–Kier alpha value is -1.46. The zero-order valence-corrected chi connectivity index (χ0v) is 10.4. The minimum atomic E-state index is -0.443. The second-order valence-corrected chi connectivity index (χ2v) is 4.26. The summed E-state index contributed by atoms with van der Waals surface area (Å²) in [6, 6.07) is 8.02. The molecule has 2 rings (SSSR count). The fourth-order valence-electron chi connectivity index (χ4n) is 1.33. The molecule has 0 unspecified atom stereocenters. The highest BCUT2D eigenvalue weighted by Crippen LogP contribution is 2.28. The van der Waals surface area contributed by atoms with E-state index in [1.54, 1.807) is 30.5 Å². The number of rotatable bonds is 3. The van der Waals surface area contributed by atoms with Crippen molar-refractivity contribution in [3.8, 4) is 11.6 Å². The van der Waals surface area contributed by atoms with Gasteiger partial charge in [0.15, 0.2) is 11.6 Å². The van der Waals surface area contributed by atoms with Crippen molar-refractivity contribution in [2.75, 3.05) is 0 Å². The van der Waals surface area contributed by atoms with Gasteiger partial charge in [0.25, 0.3) is 0 Å². The summed E-state index contributed by atoms with van der Waals surface area (Å²) in [5.74, 6) is 0.00148. The highest BCUT2D eigenvalue weighted by Gasteiger charge is 2.09. The Balaban J connectivity index is 2.34. The van der Waals surface area contributed by atoms with Gasteiger partial charge in [-0.1, -0.05) is 22.0 Å². The first-order chi connectivity index (χ1) is 8.20. The Morgan fingerprint density at radius 1 is 1.35 bits per heavy atom. The van der Waals surface area contributed by atoms with E-state index in [1.165, 1.54) is 6.07 Å². The summed E-state index contributed by atoms with van der Waals surface area (Å²) in [7, 11) is 0. The second kappa shape index (κ2) is 5.25. The van der Waals surface area contributed by atoms with Gasteiger partial charge >= 0.3 is 0 Å². The summed E-state index contributed by atoms with van der Waals surface area (Å²) in [6.07, 6.45) is 1.57. The minimum absolute atomic E-state index is 0.118. The van der Waals surface area contributed by atoms with Crippen LogP contribution in [0.2, 0.25) is 0 Å². The molecule has 17 heavy (non-hydrogen) atoms. The number of hydrogen-bond acceptors (Lipinski definition) is 3. The summed E-state index contributed by atoms with van der Waals surface area (Å²) >= 11 is 3.25. The van der Waals surface area contributed by atoms with Crippen molar-refractivity contribution in [3.63, 3.8) is 0 Å². The van der Waals surface area contributed by atoms with Crippen LogP contribution in [0.25, 0.3) is 0 Å². The number of pyridine rings is 1. The molecule has 1 heterocycles. The molecule has 88 valence electrons. The fraction of sp³-hybridized carbons (Fsp3) is 0.0833. The fourth-order valence-corrected chi connectivity index (χ4v) is 1.67. The summed E-state index contributed by atoms with van der Waals surface area (Å²) in [5, 5.41) is 0. The summed E-state index contributed by atoms with van der Waals surface area (Å²) in [6.45, 7) is 0.290. The molecule has 0 aliphatic carbocycles. The average Bonchev–Trinajstić information content (AvgIpc) is 2.34. The predicted molar refractivity (Wildman–Crippen MR) is 66.3 cm³/mol. The number of nitrogens with two attached hydrogens (primary N) is 1. The number of halogens is 2. The van der Waals surface area contributed by atoms with Gasteiger partial charge in [0, 0.05) is 22.8 Å². The highest BCUT2D eigenvalue weighted by molar-refractivity contribution is 9.10.